The van der Waals surface area contributed by atoms with Gasteiger partial charge in [-0.25, -0.2) is 4.98 Å². The normalized spacial score (nSPS) is 10.0. The van der Waals surface area contributed by atoms with Gasteiger partial charge < -0.3 is 10.6 Å². The second kappa shape index (κ2) is 5.62. The average molecular weight is 275 g/mol. The molecule has 0 unspecified atom stereocenters. The molecule has 0 aliphatic carbocycles. The molecule has 0 saturated heterocycles. The van der Waals surface area contributed by atoms with E-state index in [1.807, 2.05) is 30.3 Å². The number of para-hydroxylation sites is 1. The molecule has 1 aromatic carbocycles. The van der Waals surface area contributed by atoms with Crippen LogP contribution in [0, 0.1) is 6.92 Å². The molecule has 2 N–H and O–H groups in total. The van der Waals surface area contributed by atoms with Crippen molar-refractivity contribution in [1.82, 2.24) is 4.98 Å². The minimum absolute atomic E-state index is 0.205. The van der Waals surface area contributed by atoms with Crippen molar-refractivity contribution in [3.63, 3.8) is 0 Å². The third kappa shape index (κ3) is 3.38. The molecule has 0 aliphatic heterocycles. The van der Waals surface area contributed by atoms with Gasteiger partial charge in [0.05, 0.1) is 5.69 Å². The lowest BCUT2D eigenvalue weighted by molar-refractivity contribution is -0.114. The molecule has 2 rings (SSSR count). The lowest BCUT2D eigenvalue weighted by atomic mass is 10.3. The van der Waals surface area contributed by atoms with Gasteiger partial charge in [0.2, 0.25) is 5.91 Å². The summed E-state index contributed by atoms with van der Waals surface area (Å²) >= 11 is 1.16. The molecule has 0 spiro atoms. The summed E-state index contributed by atoms with van der Waals surface area (Å²) in [4.78, 5) is 27.7. The Morgan fingerprint density at radius 2 is 1.84 bits per heavy atom. The highest BCUT2D eigenvalue weighted by atomic mass is 32.1. The number of rotatable bonds is 3. The molecular weight excluding hydrogens is 262 g/mol. The predicted octanol–water partition coefficient (Wildman–Crippen LogP) is 2.66. The number of aromatic nitrogens is 1. The van der Waals surface area contributed by atoms with Crippen molar-refractivity contribution >= 4 is 34.0 Å². The van der Waals surface area contributed by atoms with Crippen molar-refractivity contribution in [3.8, 4) is 0 Å². The van der Waals surface area contributed by atoms with E-state index in [9.17, 15) is 9.59 Å². The fourth-order valence-electron chi connectivity index (χ4n) is 1.52. The monoisotopic (exact) mass is 275 g/mol. The van der Waals surface area contributed by atoms with E-state index in [2.05, 4.69) is 15.6 Å². The zero-order valence-electron chi connectivity index (χ0n) is 10.6. The first-order valence-corrected chi connectivity index (χ1v) is 6.49. The van der Waals surface area contributed by atoms with Gasteiger partial charge in [-0.1, -0.05) is 29.5 Å². The molecule has 0 saturated carbocycles. The van der Waals surface area contributed by atoms with E-state index in [0.717, 1.165) is 17.0 Å². The molecule has 6 heteroatoms. The summed E-state index contributed by atoms with van der Waals surface area (Å²) in [5, 5.41) is 5.79. The Balaban J connectivity index is 2.15. The summed E-state index contributed by atoms with van der Waals surface area (Å²) < 4.78 is 0. The van der Waals surface area contributed by atoms with Crippen LogP contribution in [0.15, 0.2) is 30.3 Å². The van der Waals surface area contributed by atoms with Gasteiger partial charge in [0.25, 0.3) is 5.91 Å². The van der Waals surface area contributed by atoms with Gasteiger partial charge in [0, 0.05) is 12.6 Å². The van der Waals surface area contributed by atoms with Crippen molar-refractivity contribution < 1.29 is 9.59 Å². The topological polar surface area (TPSA) is 71.1 Å². The van der Waals surface area contributed by atoms with Crippen LogP contribution in [0.4, 0.5) is 10.8 Å². The first-order chi connectivity index (χ1) is 9.06. The third-order valence-electron chi connectivity index (χ3n) is 2.32. The van der Waals surface area contributed by atoms with Crippen molar-refractivity contribution in [2.75, 3.05) is 10.6 Å². The van der Waals surface area contributed by atoms with E-state index in [4.69, 9.17) is 0 Å². The SMILES string of the molecule is CC(=O)Nc1nc(C)c(C(=O)Nc2ccccc2)s1. The van der Waals surface area contributed by atoms with E-state index >= 15 is 0 Å². The Morgan fingerprint density at radius 3 is 2.47 bits per heavy atom. The summed E-state index contributed by atoms with van der Waals surface area (Å²) in [6, 6.07) is 9.18. The fraction of sp³-hybridized carbons (Fsp3) is 0.154. The largest absolute Gasteiger partial charge is 0.321 e. The smallest absolute Gasteiger partial charge is 0.267 e. The number of anilines is 2. The quantitative estimate of drug-likeness (QED) is 0.904. The van der Waals surface area contributed by atoms with E-state index in [1.165, 1.54) is 6.92 Å². The van der Waals surface area contributed by atoms with Gasteiger partial charge >= 0.3 is 0 Å². The molecule has 19 heavy (non-hydrogen) atoms. The van der Waals surface area contributed by atoms with Crippen molar-refractivity contribution in [1.29, 1.82) is 0 Å². The Kier molecular flexibility index (Phi) is 3.91. The summed E-state index contributed by atoms with van der Waals surface area (Å²) in [5.74, 6) is -0.429. The lowest BCUT2D eigenvalue weighted by Gasteiger charge is -2.02. The molecule has 0 bridgehead atoms. The number of carbonyl (C=O) groups is 2. The number of carbonyl (C=O) groups excluding carboxylic acids is 2. The van der Waals surface area contributed by atoms with Crippen LogP contribution < -0.4 is 10.6 Å². The van der Waals surface area contributed by atoms with Crippen LogP contribution >= 0.6 is 11.3 Å². The maximum atomic E-state index is 12.1. The number of aryl methyl sites for hydroxylation is 1. The Bertz CT molecular complexity index is 608. The lowest BCUT2D eigenvalue weighted by Crippen LogP contribution is -2.11. The fourth-order valence-corrected chi connectivity index (χ4v) is 2.43. The molecule has 0 fully saturated rings. The highest BCUT2D eigenvalue weighted by Crippen LogP contribution is 2.23. The number of hydrogen-bond donors (Lipinski definition) is 2. The van der Waals surface area contributed by atoms with Crippen molar-refractivity contribution in [3.05, 3.63) is 40.9 Å². The van der Waals surface area contributed by atoms with Crippen LogP contribution in [-0.2, 0) is 4.79 Å². The second-order valence-corrected chi connectivity index (χ2v) is 4.93. The zero-order valence-corrected chi connectivity index (χ0v) is 11.4. The molecule has 2 amide bonds. The number of hydrogen-bond acceptors (Lipinski definition) is 4. The van der Waals surface area contributed by atoms with Gasteiger partial charge in [-0.2, -0.15) is 0 Å². The van der Waals surface area contributed by atoms with Gasteiger partial charge in [-0.3, -0.25) is 9.59 Å². The standard InChI is InChI=1S/C13H13N3O2S/c1-8-11(19-13(14-8)15-9(2)17)12(18)16-10-6-4-3-5-7-10/h3-7H,1-2H3,(H,16,18)(H,14,15,17). The van der Waals surface area contributed by atoms with E-state index in [-0.39, 0.29) is 11.8 Å². The first kappa shape index (κ1) is 13.2. The zero-order chi connectivity index (χ0) is 13.8. The average Bonchev–Trinajstić information content (AvgIpc) is 2.70. The molecule has 5 nitrogen and oxygen atoms in total. The molecule has 1 heterocycles. The van der Waals surface area contributed by atoms with E-state index < -0.39 is 0 Å². The first-order valence-electron chi connectivity index (χ1n) is 5.67. The van der Waals surface area contributed by atoms with Gasteiger partial charge in [-0.05, 0) is 19.1 Å². The second-order valence-electron chi connectivity index (χ2n) is 3.93. The molecule has 1 aromatic heterocycles. The maximum absolute atomic E-state index is 12.1. The predicted molar refractivity (Wildman–Crippen MR) is 75.5 cm³/mol. The molecule has 2 aromatic rings. The van der Waals surface area contributed by atoms with Crippen LogP contribution in [0.25, 0.3) is 0 Å². The molecule has 98 valence electrons. The Labute approximate surface area is 114 Å². The van der Waals surface area contributed by atoms with Crippen LogP contribution in [0.5, 0.6) is 0 Å². The van der Waals surface area contributed by atoms with Crippen LogP contribution in [-0.4, -0.2) is 16.8 Å². The van der Waals surface area contributed by atoms with Crippen molar-refractivity contribution in [2.24, 2.45) is 0 Å². The summed E-state index contributed by atoms with van der Waals surface area (Å²) in [5.41, 5.74) is 1.32. The van der Waals surface area contributed by atoms with Gasteiger partial charge in [0.15, 0.2) is 5.13 Å². The highest BCUT2D eigenvalue weighted by Gasteiger charge is 2.15. The summed E-state index contributed by atoms with van der Waals surface area (Å²) in [6.07, 6.45) is 0. The number of amides is 2. The summed E-state index contributed by atoms with van der Waals surface area (Å²) in [7, 11) is 0. The third-order valence-corrected chi connectivity index (χ3v) is 3.39. The highest BCUT2D eigenvalue weighted by molar-refractivity contribution is 7.17. The number of nitrogens with zero attached hydrogens (tertiary/aromatic N) is 1. The summed E-state index contributed by atoms with van der Waals surface area (Å²) in [6.45, 7) is 3.14. The molecule has 0 radical (unpaired) electrons. The minimum Gasteiger partial charge on any atom is -0.321 e. The Morgan fingerprint density at radius 1 is 1.16 bits per heavy atom. The van der Waals surface area contributed by atoms with Crippen LogP contribution in [0.1, 0.15) is 22.3 Å². The molecule has 0 aliphatic rings. The Hall–Kier alpha value is -2.21. The minimum atomic E-state index is -0.224. The van der Waals surface area contributed by atoms with Gasteiger partial charge in [0.1, 0.15) is 4.88 Å². The van der Waals surface area contributed by atoms with E-state index in [1.54, 1.807) is 6.92 Å². The van der Waals surface area contributed by atoms with Gasteiger partial charge in [-0.15, -0.1) is 0 Å². The van der Waals surface area contributed by atoms with Crippen LogP contribution in [0.3, 0.4) is 0 Å². The number of benzene rings is 1. The molecule has 0 atom stereocenters. The number of nitrogens with one attached hydrogen (secondary N) is 2. The number of thiazole rings is 1. The van der Waals surface area contributed by atoms with E-state index in [0.29, 0.717) is 15.7 Å². The van der Waals surface area contributed by atoms with Crippen LogP contribution in [0.2, 0.25) is 0 Å². The van der Waals surface area contributed by atoms with Crippen molar-refractivity contribution in [2.45, 2.75) is 13.8 Å². The maximum Gasteiger partial charge on any atom is 0.267 e. The molecular formula is C13H13N3O2S.